The van der Waals surface area contributed by atoms with E-state index in [-0.39, 0.29) is 23.4 Å². The van der Waals surface area contributed by atoms with Crippen molar-refractivity contribution in [3.8, 4) is 5.75 Å². The highest BCUT2D eigenvalue weighted by Crippen LogP contribution is 2.30. The van der Waals surface area contributed by atoms with E-state index in [0.29, 0.717) is 18.7 Å². The third-order valence-corrected chi connectivity index (χ3v) is 5.92. The molecule has 0 unspecified atom stereocenters. The van der Waals surface area contributed by atoms with Crippen LogP contribution >= 0.6 is 0 Å². The lowest BCUT2D eigenvalue weighted by Crippen LogP contribution is -2.42. The van der Waals surface area contributed by atoms with Crippen molar-refractivity contribution in [1.29, 1.82) is 0 Å². The summed E-state index contributed by atoms with van der Waals surface area (Å²) in [5.41, 5.74) is 1.41. The van der Waals surface area contributed by atoms with Gasteiger partial charge >= 0.3 is 0 Å². The maximum atomic E-state index is 13.8. The standard InChI is InChI=1S/C24H27FN2O3/c25-21-10-6-5-9-20(21)24(29)27-19-11-12-22-16(14-19)13-17(15-30-22)23(28)26-18-7-3-1-2-4-8-18/h5-6,9-12,14,17-18H,1-4,7-8,13,15H2,(H,26,28)(H,27,29)/t17-/m1/s1. The highest BCUT2D eigenvalue weighted by atomic mass is 19.1. The smallest absolute Gasteiger partial charge is 0.258 e. The maximum absolute atomic E-state index is 13.8. The molecule has 0 spiro atoms. The van der Waals surface area contributed by atoms with Gasteiger partial charge in [-0.05, 0) is 55.2 Å². The van der Waals surface area contributed by atoms with E-state index in [1.54, 1.807) is 30.3 Å². The number of amides is 2. The predicted octanol–water partition coefficient (Wildman–Crippen LogP) is 4.47. The Bertz CT molecular complexity index is 922. The molecule has 4 rings (SSSR count). The van der Waals surface area contributed by atoms with Gasteiger partial charge in [0, 0.05) is 11.7 Å². The number of benzene rings is 2. The number of halogens is 1. The first-order valence-corrected chi connectivity index (χ1v) is 10.7. The number of fused-ring (bicyclic) bond motifs is 1. The van der Waals surface area contributed by atoms with Gasteiger partial charge in [0.25, 0.3) is 5.91 Å². The fourth-order valence-electron chi connectivity index (χ4n) is 4.23. The molecule has 1 aliphatic heterocycles. The molecule has 0 aromatic heterocycles. The van der Waals surface area contributed by atoms with Crippen LogP contribution in [0.3, 0.4) is 0 Å². The first-order chi connectivity index (χ1) is 14.6. The lowest BCUT2D eigenvalue weighted by Gasteiger charge is -2.27. The van der Waals surface area contributed by atoms with E-state index in [2.05, 4.69) is 10.6 Å². The molecule has 0 radical (unpaired) electrons. The van der Waals surface area contributed by atoms with Crippen molar-refractivity contribution in [3.63, 3.8) is 0 Å². The zero-order chi connectivity index (χ0) is 20.9. The molecule has 158 valence electrons. The fraction of sp³-hybridized carbons (Fsp3) is 0.417. The summed E-state index contributed by atoms with van der Waals surface area (Å²) >= 11 is 0. The Morgan fingerprint density at radius 1 is 1.00 bits per heavy atom. The maximum Gasteiger partial charge on any atom is 0.258 e. The molecule has 2 amide bonds. The third kappa shape index (κ3) is 4.81. The number of carbonyl (C=O) groups excluding carboxylic acids is 2. The van der Waals surface area contributed by atoms with E-state index < -0.39 is 11.7 Å². The number of anilines is 1. The molecule has 2 N–H and O–H groups in total. The molecule has 1 aliphatic carbocycles. The number of hydrogen-bond donors (Lipinski definition) is 2. The lowest BCUT2D eigenvalue weighted by atomic mass is 9.95. The monoisotopic (exact) mass is 410 g/mol. The van der Waals surface area contributed by atoms with Gasteiger partial charge in [-0.15, -0.1) is 0 Å². The second-order valence-electron chi connectivity index (χ2n) is 8.17. The van der Waals surface area contributed by atoms with E-state index in [9.17, 15) is 14.0 Å². The molecule has 6 heteroatoms. The quantitative estimate of drug-likeness (QED) is 0.731. The van der Waals surface area contributed by atoms with Crippen LogP contribution in [-0.2, 0) is 11.2 Å². The van der Waals surface area contributed by atoms with Gasteiger partial charge in [0.15, 0.2) is 0 Å². The normalized spacial score (nSPS) is 19.2. The summed E-state index contributed by atoms with van der Waals surface area (Å²) in [6, 6.07) is 11.4. The molecule has 2 aromatic carbocycles. The van der Waals surface area contributed by atoms with Gasteiger partial charge in [-0.1, -0.05) is 37.8 Å². The number of hydrogen-bond acceptors (Lipinski definition) is 3. The van der Waals surface area contributed by atoms with Crippen LogP contribution in [0.2, 0.25) is 0 Å². The van der Waals surface area contributed by atoms with Gasteiger partial charge in [0.05, 0.1) is 11.5 Å². The van der Waals surface area contributed by atoms with Gasteiger partial charge < -0.3 is 15.4 Å². The Balaban J connectivity index is 1.41. The van der Waals surface area contributed by atoms with Gasteiger partial charge in [0.2, 0.25) is 5.91 Å². The topological polar surface area (TPSA) is 67.4 Å². The fourth-order valence-corrected chi connectivity index (χ4v) is 4.23. The van der Waals surface area contributed by atoms with Crippen LogP contribution in [0.4, 0.5) is 10.1 Å². The van der Waals surface area contributed by atoms with E-state index in [1.807, 2.05) is 0 Å². The minimum Gasteiger partial charge on any atom is -0.492 e. The van der Waals surface area contributed by atoms with E-state index in [0.717, 1.165) is 24.2 Å². The largest absolute Gasteiger partial charge is 0.492 e. The second-order valence-corrected chi connectivity index (χ2v) is 8.17. The SMILES string of the molecule is O=C(Nc1ccc2c(c1)C[C@@H](C(=O)NC1CCCCCC1)CO2)c1ccccc1F. The minimum atomic E-state index is -0.563. The van der Waals surface area contributed by atoms with Crippen LogP contribution < -0.4 is 15.4 Å². The highest BCUT2D eigenvalue weighted by molar-refractivity contribution is 6.04. The van der Waals surface area contributed by atoms with Crippen LogP contribution in [0.25, 0.3) is 0 Å². The number of rotatable bonds is 4. The molecule has 0 bridgehead atoms. The van der Waals surface area contributed by atoms with Crippen molar-refractivity contribution in [2.24, 2.45) is 5.92 Å². The van der Waals surface area contributed by atoms with Crippen molar-refractivity contribution in [3.05, 3.63) is 59.4 Å². The van der Waals surface area contributed by atoms with E-state index >= 15 is 0 Å². The Morgan fingerprint density at radius 2 is 1.77 bits per heavy atom. The average molecular weight is 410 g/mol. The van der Waals surface area contributed by atoms with E-state index in [1.165, 1.54) is 37.8 Å². The summed E-state index contributed by atoms with van der Waals surface area (Å²) in [7, 11) is 0. The van der Waals surface area contributed by atoms with Crippen LogP contribution in [0.1, 0.15) is 54.4 Å². The molecule has 0 saturated heterocycles. The molecule has 1 heterocycles. The summed E-state index contributed by atoms with van der Waals surface area (Å²) in [4.78, 5) is 25.1. The summed E-state index contributed by atoms with van der Waals surface area (Å²) in [5.74, 6) is -0.567. The summed E-state index contributed by atoms with van der Waals surface area (Å²) in [6.45, 7) is 0.354. The van der Waals surface area contributed by atoms with Gasteiger partial charge in [0.1, 0.15) is 18.2 Å². The third-order valence-electron chi connectivity index (χ3n) is 5.92. The summed E-state index contributed by atoms with van der Waals surface area (Å²) in [5, 5.41) is 5.93. The zero-order valence-electron chi connectivity index (χ0n) is 17.0. The van der Waals surface area contributed by atoms with Crippen LogP contribution in [0.15, 0.2) is 42.5 Å². The number of ether oxygens (including phenoxy) is 1. The van der Waals surface area contributed by atoms with Crippen molar-refractivity contribution in [2.75, 3.05) is 11.9 Å². The lowest BCUT2D eigenvalue weighted by molar-refractivity contribution is -0.127. The molecule has 2 aromatic rings. The van der Waals surface area contributed by atoms with Crippen LogP contribution in [0, 0.1) is 11.7 Å². The first-order valence-electron chi connectivity index (χ1n) is 10.7. The molecule has 1 atom stereocenters. The molecule has 1 fully saturated rings. The summed E-state index contributed by atoms with van der Waals surface area (Å²) < 4.78 is 19.6. The zero-order valence-corrected chi connectivity index (χ0v) is 17.0. The number of carbonyl (C=O) groups is 2. The Labute approximate surface area is 176 Å². The molecular formula is C24H27FN2O3. The minimum absolute atomic E-state index is 0.00729. The second kappa shape index (κ2) is 9.28. The van der Waals surface area contributed by atoms with Gasteiger partial charge in [-0.2, -0.15) is 0 Å². The Morgan fingerprint density at radius 3 is 2.53 bits per heavy atom. The Hall–Kier alpha value is -2.89. The molecule has 1 saturated carbocycles. The van der Waals surface area contributed by atoms with Crippen molar-refractivity contribution in [2.45, 2.75) is 51.0 Å². The Kier molecular flexibility index (Phi) is 6.31. The van der Waals surface area contributed by atoms with Crippen LogP contribution in [0.5, 0.6) is 5.75 Å². The molecule has 5 nitrogen and oxygen atoms in total. The molecular weight excluding hydrogens is 383 g/mol. The first kappa shape index (κ1) is 20.4. The summed E-state index contributed by atoms with van der Waals surface area (Å²) in [6.07, 6.45) is 7.46. The average Bonchev–Trinajstić information content (AvgIpc) is 3.02. The van der Waals surface area contributed by atoms with Crippen molar-refractivity contribution < 1.29 is 18.7 Å². The van der Waals surface area contributed by atoms with Gasteiger partial charge in [-0.3, -0.25) is 9.59 Å². The van der Waals surface area contributed by atoms with E-state index in [4.69, 9.17) is 4.74 Å². The number of nitrogens with one attached hydrogen (secondary N) is 2. The molecule has 2 aliphatic rings. The predicted molar refractivity (Wildman–Crippen MR) is 113 cm³/mol. The van der Waals surface area contributed by atoms with Crippen molar-refractivity contribution >= 4 is 17.5 Å². The highest BCUT2D eigenvalue weighted by Gasteiger charge is 2.28. The van der Waals surface area contributed by atoms with Crippen molar-refractivity contribution in [1.82, 2.24) is 5.32 Å². The van der Waals surface area contributed by atoms with Crippen LogP contribution in [-0.4, -0.2) is 24.5 Å². The van der Waals surface area contributed by atoms with Gasteiger partial charge in [-0.25, -0.2) is 4.39 Å². The molecule has 30 heavy (non-hydrogen) atoms.